The molecule has 1 heterocycles. The Balaban J connectivity index is 2.13. The standard InChI is InChI=1S/C16H12ClNO2/c17-13-8-5-12(6-9-13)16-14-4-2-1-3-11(14)7-10-15(19)20-18-16/h1-6,8-9H,7,10H2. The Kier molecular flexibility index (Phi) is 3.52. The maximum Gasteiger partial charge on any atom is 0.335 e. The summed E-state index contributed by atoms with van der Waals surface area (Å²) in [4.78, 5) is 16.5. The Hall–Kier alpha value is -2.13. The third-order valence-electron chi connectivity index (χ3n) is 3.23. The minimum absolute atomic E-state index is 0.314. The fourth-order valence-corrected chi connectivity index (χ4v) is 2.34. The van der Waals surface area contributed by atoms with Crippen molar-refractivity contribution in [3.63, 3.8) is 0 Å². The topological polar surface area (TPSA) is 38.7 Å². The number of halogens is 1. The van der Waals surface area contributed by atoms with Crippen LogP contribution in [0.1, 0.15) is 23.1 Å². The number of hydrogen-bond donors (Lipinski definition) is 0. The van der Waals surface area contributed by atoms with Crippen molar-refractivity contribution in [1.29, 1.82) is 0 Å². The van der Waals surface area contributed by atoms with Crippen molar-refractivity contribution >= 4 is 23.3 Å². The lowest BCUT2D eigenvalue weighted by Gasteiger charge is -2.14. The average molecular weight is 286 g/mol. The molecule has 2 aromatic carbocycles. The maximum absolute atomic E-state index is 11.5. The van der Waals surface area contributed by atoms with Crippen LogP contribution in [0.4, 0.5) is 0 Å². The van der Waals surface area contributed by atoms with E-state index in [-0.39, 0.29) is 5.97 Å². The van der Waals surface area contributed by atoms with Gasteiger partial charge in [-0.05, 0) is 24.1 Å². The largest absolute Gasteiger partial charge is 0.335 e. The van der Waals surface area contributed by atoms with Crippen molar-refractivity contribution in [2.24, 2.45) is 5.16 Å². The normalized spacial score (nSPS) is 14.7. The summed E-state index contributed by atoms with van der Waals surface area (Å²) in [5, 5.41) is 4.69. The van der Waals surface area contributed by atoms with E-state index < -0.39 is 0 Å². The molecule has 4 heteroatoms. The monoisotopic (exact) mass is 285 g/mol. The van der Waals surface area contributed by atoms with Gasteiger partial charge >= 0.3 is 5.97 Å². The summed E-state index contributed by atoms with van der Waals surface area (Å²) >= 11 is 5.91. The van der Waals surface area contributed by atoms with Gasteiger partial charge in [0.25, 0.3) is 0 Å². The first-order chi connectivity index (χ1) is 9.74. The molecule has 0 aromatic heterocycles. The van der Waals surface area contributed by atoms with E-state index >= 15 is 0 Å². The molecule has 2 aromatic rings. The molecule has 0 fully saturated rings. The predicted molar refractivity (Wildman–Crippen MR) is 77.9 cm³/mol. The summed E-state index contributed by atoms with van der Waals surface area (Å²) in [6.07, 6.45) is 0.996. The molecule has 0 N–H and O–H groups in total. The average Bonchev–Trinajstić information content (AvgIpc) is 2.46. The smallest absolute Gasteiger partial charge is 0.318 e. The molecule has 100 valence electrons. The van der Waals surface area contributed by atoms with Crippen LogP contribution in [-0.4, -0.2) is 11.7 Å². The van der Waals surface area contributed by atoms with Crippen LogP contribution < -0.4 is 0 Å². The number of carbonyl (C=O) groups excluding carboxylic acids is 1. The van der Waals surface area contributed by atoms with Crippen LogP contribution in [-0.2, 0) is 16.1 Å². The Morgan fingerprint density at radius 1 is 1.00 bits per heavy atom. The van der Waals surface area contributed by atoms with E-state index in [0.29, 0.717) is 23.6 Å². The molecule has 0 aliphatic carbocycles. The van der Waals surface area contributed by atoms with Crippen LogP contribution in [0.2, 0.25) is 5.02 Å². The van der Waals surface area contributed by atoms with Crippen molar-refractivity contribution in [2.45, 2.75) is 12.8 Å². The second-order valence-corrected chi connectivity index (χ2v) is 5.00. The molecule has 0 radical (unpaired) electrons. The first kappa shape index (κ1) is 12.9. The highest BCUT2D eigenvalue weighted by atomic mass is 35.5. The molecule has 0 amide bonds. The zero-order valence-corrected chi connectivity index (χ0v) is 11.4. The lowest BCUT2D eigenvalue weighted by atomic mass is 9.95. The molecule has 0 unspecified atom stereocenters. The van der Waals surface area contributed by atoms with E-state index in [1.165, 1.54) is 0 Å². The molecule has 0 bridgehead atoms. The van der Waals surface area contributed by atoms with E-state index in [0.717, 1.165) is 16.7 Å². The summed E-state index contributed by atoms with van der Waals surface area (Å²) in [6.45, 7) is 0. The summed E-state index contributed by atoms with van der Waals surface area (Å²) in [6, 6.07) is 15.2. The molecule has 20 heavy (non-hydrogen) atoms. The summed E-state index contributed by atoms with van der Waals surface area (Å²) in [5.74, 6) is -0.314. The number of hydrogen-bond acceptors (Lipinski definition) is 3. The fourth-order valence-electron chi connectivity index (χ4n) is 2.21. The van der Waals surface area contributed by atoms with E-state index in [1.807, 2.05) is 36.4 Å². The third kappa shape index (κ3) is 2.58. The molecule has 0 spiro atoms. The number of benzene rings is 2. The van der Waals surface area contributed by atoms with Gasteiger partial charge in [-0.1, -0.05) is 53.2 Å². The molecule has 1 aliphatic rings. The number of rotatable bonds is 1. The number of carbonyl (C=O) groups is 1. The van der Waals surface area contributed by atoms with Gasteiger partial charge in [-0.25, -0.2) is 4.79 Å². The van der Waals surface area contributed by atoms with Gasteiger partial charge in [0.2, 0.25) is 0 Å². The van der Waals surface area contributed by atoms with E-state index in [9.17, 15) is 4.79 Å². The molecule has 3 nitrogen and oxygen atoms in total. The minimum atomic E-state index is -0.314. The number of nitrogens with zero attached hydrogens (tertiary/aromatic N) is 1. The van der Waals surface area contributed by atoms with E-state index in [2.05, 4.69) is 5.16 Å². The maximum atomic E-state index is 11.5. The van der Waals surface area contributed by atoms with Crippen LogP contribution in [0.25, 0.3) is 0 Å². The summed E-state index contributed by atoms with van der Waals surface area (Å²) < 4.78 is 0. The van der Waals surface area contributed by atoms with Crippen LogP contribution in [0.3, 0.4) is 0 Å². The molecule has 0 saturated heterocycles. The highest BCUT2D eigenvalue weighted by Crippen LogP contribution is 2.21. The van der Waals surface area contributed by atoms with Crippen molar-refractivity contribution in [3.05, 3.63) is 70.2 Å². The van der Waals surface area contributed by atoms with Gasteiger partial charge in [0.15, 0.2) is 0 Å². The molecule has 1 aliphatic heterocycles. The second-order valence-electron chi connectivity index (χ2n) is 4.57. The molecule has 3 rings (SSSR count). The molecular formula is C16H12ClNO2. The zero-order valence-electron chi connectivity index (χ0n) is 10.7. The highest BCUT2D eigenvalue weighted by molar-refractivity contribution is 6.30. The first-order valence-electron chi connectivity index (χ1n) is 6.36. The van der Waals surface area contributed by atoms with Gasteiger partial charge in [-0.15, -0.1) is 0 Å². The van der Waals surface area contributed by atoms with Gasteiger partial charge in [0.1, 0.15) is 5.71 Å². The summed E-state index contributed by atoms with van der Waals surface area (Å²) in [7, 11) is 0. The highest BCUT2D eigenvalue weighted by Gasteiger charge is 2.17. The summed E-state index contributed by atoms with van der Waals surface area (Å²) in [5.41, 5.74) is 3.61. The van der Waals surface area contributed by atoms with Gasteiger partial charge in [-0.2, -0.15) is 0 Å². The van der Waals surface area contributed by atoms with Gasteiger partial charge in [0, 0.05) is 16.1 Å². The van der Waals surface area contributed by atoms with Crippen LogP contribution in [0.15, 0.2) is 53.7 Å². The van der Waals surface area contributed by atoms with Gasteiger partial charge in [0.05, 0.1) is 6.42 Å². The SMILES string of the molecule is O=C1CCc2ccccc2C(c2ccc(Cl)cc2)=NO1. The number of aryl methyl sites for hydroxylation is 1. The Morgan fingerprint density at radius 3 is 2.55 bits per heavy atom. The number of fused-ring (bicyclic) bond motifs is 1. The number of oxime groups is 1. The van der Waals surface area contributed by atoms with Crippen molar-refractivity contribution in [2.75, 3.05) is 0 Å². The van der Waals surface area contributed by atoms with E-state index in [4.69, 9.17) is 16.4 Å². The first-order valence-corrected chi connectivity index (χ1v) is 6.74. The lowest BCUT2D eigenvalue weighted by Crippen LogP contribution is -2.14. The van der Waals surface area contributed by atoms with Gasteiger partial charge < -0.3 is 4.84 Å². The molecule has 0 saturated carbocycles. The van der Waals surface area contributed by atoms with Crippen molar-refractivity contribution in [3.8, 4) is 0 Å². The molecule has 0 atom stereocenters. The quantitative estimate of drug-likeness (QED) is 0.751. The zero-order chi connectivity index (χ0) is 13.9. The Labute approximate surface area is 121 Å². The van der Waals surface area contributed by atoms with Crippen LogP contribution in [0, 0.1) is 0 Å². The second kappa shape index (κ2) is 5.47. The third-order valence-corrected chi connectivity index (χ3v) is 3.48. The van der Waals surface area contributed by atoms with Gasteiger partial charge in [-0.3, -0.25) is 0 Å². The molecular weight excluding hydrogens is 274 g/mol. The van der Waals surface area contributed by atoms with Crippen LogP contribution >= 0.6 is 11.6 Å². The van der Waals surface area contributed by atoms with Crippen molar-refractivity contribution in [1.82, 2.24) is 0 Å². The lowest BCUT2D eigenvalue weighted by molar-refractivity contribution is -0.143. The minimum Gasteiger partial charge on any atom is -0.318 e. The fraction of sp³-hybridized carbons (Fsp3) is 0.125. The van der Waals surface area contributed by atoms with Crippen LogP contribution in [0.5, 0.6) is 0 Å². The Bertz CT molecular complexity index is 677. The van der Waals surface area contributed by atoms with Crippen molar-refractivity contribution < 1.29 is 9.63 Å². The Morgan fingerprint density at radius 2 is 1.75 bits per heavy atom. The van der Waals surface area contributed by atoms with E-state index in [1.54, 1.807) is 12.1 Å². The predicted octanol–water partition coefficient (Wildman–Crippen LogP) is 3.58.